The lowest BCUT2D eigenvalue weighted by atomic mass is 9.52. The van der Waals surface area contributed by atoms with Gasteiger partial charge in [0.15, 0.2) is 34.7 Å². The van der Waals surface area contributed by atoms with Crippen LogP contribution in [0.25, 0.3) is 11.1 Å². The van der Waals surface area contributed by atoms with Gasteiger partial charge in [-0.3, -0.25) is 33.8 Å². The molecule has 3 fully saturated rings. The fourth-order valence-electron chi connectivity index (χ4n) is 8.67. The molecule has 4 N–H and O–H groups in total. The van der Waals surface area contributed by atoms with Crippen LogP contribution in [-0.4, -0.2) is 120 Å². The Hall–Kier alpha value is -3.97. The number of benzene rings is 2. The third-order valence-electron chi connectivity index (χ3n) is 10.9. The van der Waals surface area contributed by atoms with E-state index in [9.17, 15) is 34.2 Å². The van der Waals surface area contributed by atoms with Gasteiger partial charge >= 0.3 is 0 Å². The summed E-state index contributed by atoms with van der Waals surface area (Å²) < 4.78 is 5.72. The molecule has 6 atom stereocenters. The van der Waals surface area contributed by atoms with Crippen molar-refractivity contribution >= 4 is 29.0 Å². The summed E-state index contributed by atoms with van der Waals surface area (Å²) in [5.41, 5.74) is 5.71. The molecule has 4 aliphatic rings. The van der Waals surface area contributed by atoms with E-state index in [4.69, 9.17) is 10.5 Å². The molecule has 1 heterocycles. The number of carbonyl (C=O) groups is 5. The van der Waals surface area contributed by atoms with Gasteiger partial charge in [-0.25, -0.2) is 0 Å². The SMILES string of the molecule is CCCN1CCN(Cc2cc(-c3ccc(O)c4c3CC3CC5C(N(C)C)C(=O)C(C(N)=O)C(=O)C5(O)C(=O)C3C4=O)ccc2OC)CC1. The molecule has 0 aromatic heterocycles. The number of methoxy groups -OCH3 is 1. The number of piperazine rings is 1. The van der Waals surface area contributed by atoms with Crippen LogP contribution in [0.5, 0.6) is 11.5 Å². The van der Waals surface area contributed by atoms with Crippen molar-refractivity contribution in [1.82, 2.24) is 14.7 Å². The van der Waals surface area contributed by atoms with Crippen molar-refractivity contribution in [2.75, 3.05) is 53.9 Å². The molecule has 6 unspecified atom stereocenters. The first-order valence-electron chi connectivity index (χ1n) is 16.6. The number of ether oxygens (including phenoxy) is 1. The first-order valence-corrected chi connectivity index (χ1v) is 16.6. The Balaban J connectivity index is 1.37. The largest absolute Gasteiger partial charge is 0.507 e. The van der Waals surface area contributed by atoms with E-state index in [-0.39, 0.29) is 24.2 Å². The molecule has 256 valence electrons. The van der Waals surface area contributed by atoms with Crippen LogP contribution in [0.2, 0.25) is 0 Å². The van der Waals surface area contributed by atoms with Gasteiger partial charge in [-0.05, 0) is 80.7 Å². The second-order valence-corrected chi connectivity index (χ2v) is 13.9. The third-order valence-corrected chi connectivity index (χ3v) is 10.9. The first kappa shape index (κ1) is 33.9. The third kappa shape index (κ3) is 5.35. The van der Waals surface area contributed by atoms with Crippen molar-refractivity contribution in [2.24, 2.45) is 29.4 Å². The summed E-state index contributed by atoms with van der Waals surface area (Å²) in [4.78, 5) is 73.8. The zero-order chi connectivity index (χ0) is 34.7. The molecular weight excluding hydrogens is 616 g/mol. The number of primary amides is 1. The van der Waals surface area contributed by atoms with Crippen molar-refractivity contribution in [3.05, 3.63) is 47.0 Å². The number of hydrogen-bond donors (Lipinski definition) is 3. The van der Waals surface area contributed by atoms with E-state index >= 15 is 0 Å². The van der Waals surface area contributed by atoms with Crippen molar-refractivity contribution < 1.29 is 38.9 Å². The maximum atomic E-state index is 14.2. The summed E-state index contributed by atoms with van der Waals surface area (Å²) in [5, 5.41) is 22.8. The second-order valence-electron chi connectivity index (χ2n) is 13.9. The van der Waals surface area contributed by atoms with Crippen LogP contribution in [-0.2, 0) is 32.1 Å². The molecule has 0 bridgehead atoms. The van der Waals surface area contributed by atoms with Crippen LogP contribution in [0.15, 0.2) is 30.3 Å². The number of nitrogens with two attached hydrogens (primary N) is 1. The molecule has 1 amide bonds. The number of nitrogens with zero attached hydrogens (tertiary/aromatic N) is 3. The maximum absolute atomic E-state index is 14.2. The minimum Gasteiger partial charge on any atom is -0.507 e. The van der Waals surface area contributed by atoms with Crippen molar-refractivity contribution in [2.45, 2.75) is 44.4 Å². The maximum Gasteiger partial charge on any atom is 0.235 e. The quantitative estimate of drug-likeness (QED) is 0.346. The molecular formula is C36H44N4O8. The Morgan fingerprint density at radius 3 is 2.35 bits per heavy atom. The van der Waals surface area contributed by atoms with E-state index in [2.05, 4.69) is 16.7 Å². The molecule has 12 heteroatoms. The lowest BCUT2D eigenvalue weighted by molar-refractivity contribution is -0.181. The highest BCUT2D eigenvalue weighted by Crippen LogP contribution is 2.52. The van der Waals surface area contributed by atoms with Crippen LogP contribution in [0.4, 0.5) is 0 Å². The normalized spacial score (nSPS) is 29.4. The Morgan fingerprint density at radius 1 is 1.04 bits per heavy atom. The molecule has 1 aliphatic heterocycles. The molecule has 48 heavy (non-hydrogen) atoms. The molecule has 12 nitrogen and oxygen atoms in total. The van der Waals surface area contributed by atoms with E-state index in [1.165, 1.54) is 11.0 Å². The average molecular weight is 661 g/mol. The molecule has 6 rings (SSSR count). The monoisotopic (exact) mass is 660 g/mol. The average Bonchev–Trinajstić information content (AvgIpc) is 3.03. The number of rotatable bonds is 8. The molecule has 1 saturated heterocycles. The highest BCUT2D eigenvalue weighted by atomic mass is 16.5. The number of phenols is 1. The van der Waals surface area contributed by atoms with E-state index in [0.29, 0.717) is 17.7 Å². The number of ketones is 4. The summed E-state index contributed by atoms with van der Waals surface area (Å²) in [6.07, 6.45) is 1.31. The van der Waals surface area contributed by atoms with Crippen LogP contribution in [0.3, 0.4) is 0 Å². The van der Waals surface area contributed by atoms with Crippen molar-refractivity contribution in [3.8, 4) is 22.6 Å². The molecule has 0 spiro atoms. The van der Waals surface area contributed by atoms with E-state index < -0.39 is 64.4 Å². The molecule has 2 saturated carbocycles. The first-order chi connectivity index (χ1) is 22.8. The van der Waals surface area contributed by atoms with Gasteiger partial charge in [0.1, 0.15) is 11.5 Å². The Labute approximate surface area is 279 Å². The standard InChI is InChI=1S/C36H44N4O8/c1-5-10-39-11-13-40(14-12-39)18-21-15-19(6-9-26(21)48-4)22-7-8-25(41)28-23(22)16-20-17-24-30(38(2)3)32(43)29(35(37)46)34(45)36(24,47)33(44)27(20)31(28)42/h6-9,15,20,24,27,29-30,41,47H,5,10-14,16-18H2,1-4H3,(H2,37,46). The summed E-state index contributed by atoms with van der Waals surface area (Å²) in [7, 11) is 4.77. The predicted molar refractivity (Wildman–Crippen MR) is 175 cm³/mol. The lowest BCUT2D eigenvalue weighted by Crippen LogP contribution is -2.74. The highest BCUT2D eigenvalue weighted by molar-refractivity contribution is 6.32. The zero-order valence-electron chi connectivity index (χ0n) is 27.9. The summed E-state index contributed by atoms with van der Waals surface area (Å²) >= 11 is 0. The number of phenolic OH excluding ortho intramolecular Hbond substituents is 1. The van der Waals surface area contributed by atoms with Crippen LogP contribution < -0.4 is 10.5 Å². The zero-order valence-corrected chi connectivity index (χ0v) is 27.9. The minimum atomic E-state index is -2.75. The van der Waals surface area contributed by atoms with E-state index in [1.54, 1.807) is 27.3 Å². The predicted octanol–water partition coefficient (Wildman–Crippen LogP) is 1.07. The number of Topliss-reactive ketones (excluding diaryl/α,β-unsaturated/α-hetero) is 4. The molecule has 2 aromatic carbocycles. The van der Waals surface area contributed by atoms with Crippen LogP contribution in [0, 0.1) is 23.7 Å². The Kier molecular flexibility index (Phi) is 9.05. The number of hydrogen-bond acceptors (Lipinski definition) is 11. The van der Waals surface area contributed by atoms with Gasteiger partial charge in [-0.15, -0.1) is 0 Å². The highest BCUT2D eigenvalue weighted by Gasteiger charge is 2.69. The Morgan fingerprint density at radius 2 is 1.73 bits per heavy atom. The number of fused-ring (bicyclic) bond motifs is 3. The van der Waals surface area contributed by atoms with Gasteiger partial charge in [0.25, 0.3) is 0 Å². The number of aliphatic hydroxyl groups is 1. The van der Waals surface area contributed by atoms with Gasteiger partial charge in [0.2, 0.25) is 5.91 Å². The fraction of sp³-hybridized carbons (Fsp3) is 0.528. The van der Waals surface area contributed by atoms with Crippen molar-refractivity contribution in [3.63, 3.8) is 0 Å². The molecule has 0 radical (unpaired) electrons. The van der Waals surface area contributed by atoms with Gasteiger partial charge in [-0.2, -0.15) is 0 Å². The van der Waals surface area contributed by atoms with Crippen LogP contribution >= 0.6 is 0 Å². The summed E-state index contributed by atoms with van der Waals surface area (Å²) in [6, 6.07) is 7.86. The molecule has 2 aromatic rings. The van der Waals surface area contributed by atoms with Crippen LogP contribution in [0.1, 0.15) is 41.3 Å². The van der Waals surface area contributed by atoms with Gasteiger partial charge in [0, 0.05) is 44.2 Å². The lowest BCUT2D eigenvalue weighted by Gasteiger charge is -2.52. The smallest absolute Gasteiger partial charge is 0.235 e. The van der Waals surface area contributed by atoms with Gasteiger partial charge < -0.3 is 25.6 Å². The Bertz CT molecular complexity index is 1680. The second kappa shape index (κ2) is 12.8. The van der Waals surface area contributed by atoms with E-state index in [1.807, 2.05) is 18.2 Å². The number of likely N-dealkylation sites (N-methyl/N-ethyl adjacent to an activating group) is 1. The van der Waals surface area contributed by atoms with Crippen molar-refractivity contribution in [1.29, 1.82) is 0 Å². The van der Waals surface area contributed by atoms with Gasteiger partial charge in [-0.1, -0.05) is 19.1 Å². The van der Waals surface area contributed by atoms with Gasteiger partial charge in [0.05, 0.1) is 24.6 Å². The summed E-state index contributed by atoms with van der Waals surface area (Å²) in [5.74, 6) is -9.89. The topological polar surface area (TPSA) is 171 Å². The number of aromatic hydroxyl groups is 1. The number of carbonyl (C=O) groups excluding carboxylic acids is 5. The van der Waals surface area contributed by atoms with E-state index in [0.717, 1.165) is 56.0 Å². The fourth-order valence-corrected chi connectivity index (χ4v) is 8.67. The summed E-state index contributed by atoms with van der Waals surface area (Å²) in [6.45, 7) is 7.80. The molecule has 3 aliphatic carbocycles. The minimum absolute atomic E-state index is 0.00311. The number of amides is 1.